The second-order valence-corrected chi connectivity index (χ2v) is 7.13. The van der Waals surface area contributed by atoms with Crippen LogP contribution >= 0.6 is 0 Å². The first-order valence-electron chi connectivity index (χ1n) is 7.60. The molecule has 0 radical (unpaired) electrons. The summed E-state index contributed by atoms with van der Waals surface area (Å²) < 4.78 is 50.9. The fourth-order valence-corrected chi connectivity index (χ4v) is 3.43. The number of halogens is 1. The van der Waals surface area contributed by atoms with Crippen molar-refractivity contribution in [1.82, 2.24) is 0 Å². The van der Waals surface area contributed by atoms with E-state index in [4.69, 9.17) is 14.3 Å². The summed E-state index contributed by atoms with van der Waals surface area (Å²) >= 11 is 0. The molecule has 2 N–H and O–H groups in total. The molecule has 0 amide bonds. The summed E-state index contributed by atoms with van der Waals surface area (Å²) in [6.45, 7) is 0. The minimum atomic E-state index is -3.99. The maximum atomic E-state index is 13.0. The molecule has 0 saturated heterocycles. The van der Waals surface area contributed by atoms with Crippen LogP contribution in [0.25, 0.3) is 11.3 Å². The molecular weight excluding hydrogens is 377 g/mol. The van der Waals surface area contributed by atoms with E-state index >= 15 is 0 Å². The van der Waals surface area contributed by atoms with E-state index in [1.54, 1.807) is 6.07 Å². The summed E-state index contributed by atoms with van der Waals surface area (Å²) in [6, 6.07) is 11.7. The minimum absolute atomic E-state index is 0.118. The smallest absolute Gasteiger partial charge is 0.371 e. The lowest BCUT2D eigenvalue weighted by Crippen LogP contribution is -2.13. The third kappa shape index (κ3) is 3.93. The van der Waals surface area contributed by atoms with Gasteiger partial charge in [-0.2, -0.15) is 0 Å². The van der Waals surface area contributed by atoms with Gasteiger partial charge >= 0.3 is 5.97 Å². The zero-order valence-corrected chi connectivity index (χ0v) is 14.8. The Kier molecular flexibility index (Phi) is 4.87. The Morgan fingerprint density at radius 1 is 1.11 bits per heavy atom. The molecule has 140 valence electrons. The highest BCUT2D eigenvalue weighted by atomic mass is 32.2. The van der Waals surface area contributed by atoms with Gasteiger partial charge in [0.05, 0.1) is 17.7 Å². The number of furan rings is 1. The minimum Gasteiger partial charge on any atom is -0.495 e. The van der Waals surface area contributed by atoms with Crippen molar-refractivity contribution in [2.45, 2.75) is 4.90 Å². The molecule has 9 heteroatoms. The first-order valence-corrected chi connectivity index (χ1v) is 9.08. The average molecular weight is 391 g/mol. The molecule has 0 bridgehead atoms. The molecule has 27 heavy (non-hydrogen) atoms. The van der Waals surface area contributed by atoms with Crippen LogP contribution in [-0.2, 0) is 10.0 Å². The molecule has 0 aliphatic heterocycles. The molecule has 0 saturated carbocycles. The van der Waals surface area contributed by atoms with Gasteiger partial charge in [0.2, 0.25) is 5.76 Å². The first kappa shape index (κ1) is 18.5. The zero-order valence-electron chi connectivity index (χ0n) is 14.0. The Bertz CT molecular complexity index is 1090. The van der Waals surface area contributed by atoms with Crippen LogP contribution in [0.15, 0.2) is 63.9 Å². The molecule has 0 spiro atoms. The topological polar surface area (TPSA) is 106 Å². The predicted molar refractivity (Wildman–Crippen MR) is 94.9 cm³/mol. The number of nitrogens with one attached hydrogen (secondary N) is 1. The third-order valence-corrected chi connectivity index (χ3v) is 5.05. The molecule has 0 aliphatic rings. The lowest BCUT2D eigenvalue weighted by Gasteiger charge is -2.13. The summed E-state index contributed by atoms with van der Waals surface area (Å²) in [4.78, 5) is 10.8. The van der Waals surface area contributed by atoms with Crippen molar-refractivity contribution < 1.29 is 31.9 Å². The molecule has 3 rings (SSSR count). The largest absolute Gasteiger partial charge is 0.495 e. The van der Waals surface area contributed by atoms with E-state index in [1.807, 2.05) is 0 Å². The Morgan fingerprint density at radius 3 is 2.41 bits per heavy atom. The SMILES string of the molecule is COc1ccc(-c2ccc(C(=O)O)o2)cc1NS(=O)(=O)c1ccc(F)cc1. The number of methoxy groups -OCH3 is 1. The van der Waals surface area contributed by atoms with Gasteiger partial charge in [0.1, 0.15) is 17.3 Å². The maximum absolute atomic E-state index is 13.0. The molecule has 2 aromatic carbocycles. The first-order chi connectivity index (χ1) is 12.8. The maximum Gasteiger partial charge on any atom is 0.371 e. The van der Waals surface area contributed by atoms with Crippen LogP contribution < -0.4 is 9.46 Å². The molecule has 0 aliphatic carbocycles. The van der Waals surface area contributed by atoms with Crippen LogP contribution in [0.4, 0.5) is 10.1 Å². The fourth-order valence-electron chi connectivity index (χ4n) is 2.37. The number of hydrogen-bond donors (Lipinski definition) is 2. The van der Waals surface area contributed by atoms with Gasteiger partial charge in [-0.05, 0) is 54.6 Å². The zero-order chi connectivity index (χ0) is 19.6. The van der Waals surface area contributed by atoms with Gasteiger partial charge in [-0.1, -0.05) is 0 Å². The number of carbonyl (C=O) groups is 1. The van der Waals surface area contributed by atoms with Gasteiger partial charge in [-0.3, -0.25) is 4.72 Å². The number of carboxylic acids is 1. The molecular formula is C18H14FNO6S. The summed E-state index contributed by atoms with van der Waals surface area (Å²) in [5, 5.41) is 8.95. The predicted octanol–water partition coefficient (Wildman–Crippen LogP) is 3.59. The van der Waals surface area contributed by atoms with Crippen LogP contribution in [0.5, 0.6) is 5.75 Å². The van der Waals surface area contributed by atoms with Gasteiger partial charge in [-0.25, -0.2) is 17.6 Å². The lowest BCUT2D eigenvalue weighted by molar-refractivity contribution is 0.0663. The van der Waals surface area contributed by atoms with Crippen molar-refractivity contribution in [3.8, 4) is 17.1 Å². The quantitative estimate of drug-likeness (QED) is 0.665. The third-order valence-electron chi connectivity index (χ3n) is 3.67. The molecule has 1 aromatic heterocycles. The highest BCUT2D eigenvalue weighted by molar-refractivity contribution is 7.92. The van der Waals surface area contributed by atoms with Gasteiger partial charge < -0.3 is 14.3 Å². The van der Waals surface area contributed by atoms with E-state index in [0.717, 1.165) is 24.3 Å². The number of rotatable bonds is 6. The fraction of sp³-hybridized carbons (Fsp3) is 0.0556. The monoisotopic (exact) mass is 391 g/mol. The van der Waals surface area contributed by atoms with Crippen LogP contribution in [0.2, 0.25) is 0 Å². The van der Waals surface area contributed by atoms with Crippen LogP contribution in [0, 0.1) is 5.82 Å². The van der Waals surface area contributed by atoms with Crippen molar-refractivity contribution >= 4 is 21.7 Å². The lowest BCUT2D eigenvalue weighted by atomic mass is 10.1. The molecule has 0 unspecified atom stereocenters. The second-order valence-electron chi connectivity index (χ2n) is 5.44. The average Bonchev–Trinajstić information content (AvgIpc) is 3.12. The normalized spacial score (nSPS) is 11.2. The van der Waals surface area contributed by atoms with Crippen LogP contribution in [0.1, 0.15) is 10.6 Å². The number of anilines is 1. The molecule has 3 aromatic rings. The molecule has 0 fully saturated rings. The van der Waals surface area contributed by atoms with E-state index in [1.165, 1.54) is 31.4 Å². The highest BCUT2D eigenvalue weighted by Gasteiger charge is 2.18. The molecule has 7 nitrogen and oxygen atoms in total. The summed E-state index contributed by atoms with van der Waals surface area (Å²) in [5.74, 6) is -1.52. The van der Waals surface area contributed by atoms with E-state index < -0.39 is 21.8 Å². The summed E-state index contributed by atoms with van der Waals surface area (Å²) in [6.07, 6.45) is 0. The number of aromatic carboxylic acids is 1. The van der Waals surface area contributed by atoms with E-state index in [-0.39, 0.29) is 27.9 Å². The van der Waals surface area contributed by atoms with E-state index in [9.17, 15) is 17.6 Å². The second kappa shape index (κ2) is 7.12. The van der Waals surface area contributed by atoms with Crippen LogP contribution in [0.3, 0.4) is 0 Å². The summed E-state index contributed by atoms with van der Waals surface area (Å²) in [7, 11) is -2.62. The van der Waals surface area contributed by atoms with Gasteiger partial charge in [0, 0.05) is 5.56 Å². The number of sulfonamides is 1. The van der Waals surface area contributed by atoms with Crippen molar-refractivity contribution in [1.29, 1.82) is 0 Å². The Balaban J connectivity index is 1.98. The van der Waals surface area contributed by atoms with E-state index in [0.29, 0.717) is 5.56 Å². The Morgan fingerprint density at radius 2 is 1.81 bits per heavy atom. The van der Waals surface area contributed by atoms with Gasteiger partial charge in [0.25, 0.3) is 10.0 Å². The molecule has 0 atom stereocenters. The summed E-state index contributed by atoms with van der Waals surface area (Å²) in [5.41, 5.74) is 0.563. The highest BCUT2D eigenvalue weighted by Crippen LogP contribution is 2.33. The van der Waals surface area contributed by atoms with E-state index in [2.05, 4.69) is 4.72 Å². The van der Waals surface area contributed by atoms with Crippen molar-refractivity contribution in [2.24, 2.45) is 0 Å². The molecule has 1 heterocycles. The van der Waals surface area contributed by atoms with Crippen molar-refractivity contribution in [3.63, 3.8) is 0 Å². The van der Waals surface area contributed by atoms with Crippen molar-refractivity contribution in [3.05, 3.63) is 66.2 Å². The number of carboxylic acid groups (broad SMARTS) is 1. The van der Waals surface area contributed by atoms with Gasteiger partial charge in [-0.15, -0.1) is 0 Å². The van der Waals surface area contributed by atoms with Gasteiger partial charge in [0.15, 0.2) is 0 Å². The number of hydrogen-bond acceptors (Lipinski definition) is 5. The van der Waals surface area contributed by atoms with Crippen LogP contribution in [-0.4, -0.2) is 26.6 Å². The number of benzene rings is 2. The van der Waals surface area contributed by atoms with Crippen molar-refractivity contribution in [2.75, 3.05) is 11.8 Å². The Hall–Kier alpha value is -3.33. The standard InChI is InChI=1S/C18H14FNO6S/c1-25-16-7-2-11(15-8-9-17(26-15)18(21)22)10-14(16)20-27(23,24)13-5-3-12(19)4-6-13/h2-10,20H,1H3,(H,21,22). The number of ether oxygens (including phenoxy) is 1. The Labute approximate surface area is 154 Å².